The monoisotopic (exact) mass is 337 g/mol. The molecule has 0 aromatic heterocycles. The van der Waals surface area contributed by atoms with Crippen LogP contribution in [0.3, 0.4) is 0 Å². The minimum atomic E-state index is -0.542. The number of non-ortho nitro benzene ring substituents is 1. The number of nitro benzene ring substituents is 1. The number of rotatable bonds is 4. The molecule has 6 nitrogen and oxygen atoms in total. The summed E-state index contributed by atoms with van der Waals surface area (Å²) in [4.78, 5) is 22.0. The number of carbonyl (C=O) groups excluding carboxylic acids is 1. The molecule has 2 aromatic rings. The highest BCUT2D eigenvalue weighted by Gasteiger charge is 2.08. The Bertz CT molecular complexity index is 745. The summed E-state index contributed by atoms with van der Waals surface area (Å²) in [5.74, 6) is -0.436. The largest absolute Gasteiger partial charge is 0.271 e. The minimum Gasteiger partial charge on any atom is -0.267 e. The van der Waals surface area contributed by atoms with E-state index in [9.17, 15) is 14.9 Å². The maximum atomic E-state index is 11.8. The van der Waals surface area contributed by atoms with Gasteiger partial charge in [0.1, 0.15) is 0 Å². The second-order valence-corrected chi connectivity index (χ2v) is 5.01. The SMILES string of the molecule is O=C(N/N=C\c1cc([N+](=O)[O-])ccc1Cl)c1ccc(Cl)cc1. The summed E-state index contributed by atoms with van der Waals surface area (Å²) in [6.45, 7) is 0. The van der Waals surface area contributed by atoms with Gasteiger partial charge in [0.25, 0.3) is 11.6 Å². The summed E-state index contributed by atoms with van der Waals surface area (Å²) in [6.07, 6.45) is 1.24. The first-order valence-corrected chi connectivity index (χ1v) is 6.76. The first kappa shape index (κ1) is 15.9. The van der Waals surface area contributed by atoms with E-state index in [0.717, 1.165) is 0 Å². The number of nitro groups is 1. The molecule has 0 aliphatic heterocycles. The quantitative estimate of drug-likeness (QED) is 0.524. The summed E-state index contributed by atoms with van der Waals surface area (Å²) in [5.41, 5.74) is 2.89. The van der Waals surface area contributed by atoms with E-state index in [1.807, 2.05) is 0 Å². The van der Waals surface area contributed by atoms with Crippen LogP contribution in [0.4, 0.5) is 5.69 Å². The highest BCUT2D eigenvalue weighted by Crippen LogP contribution is 2.20. The fraction of sp³-hybridized carbons (Fsp3) is 0. The first-order valence-electron chi connectivity index (χ1n) is 6.00. The number of nitrogens with zero attached hydrogens (tertiary/aromatic N) is 2. The number of nitrogens with one attached hydrogen (secondary N) is 1. The Morgan fingerprint density at radius 3 is 2.50 bits per heavy atom. The highest BCUT2D eigenvalue weighted by atomic mass is 35.5. The van der Waals surface area contributed by atoms with E-state index in [1.54, 1.807) is 24.3 Å². The van der Waals surface area contributed by atoms with Gasteiger partial charge in [0.15, 0.2) is 0 Å². The molecule has 0 heterocycles. The Kier molecular flexibility index (Phi) is 5.08. The van der Waals surface area contributed by atoms with Crippen LogP contribution in [0.2, 0.25) is 10.0 Å². The predicted molar refractivity (Wildman–Crippen MR) is 84.6 cm³/mol. The van der Waals surface area contributed by atoms with Crippen molar-refractivity contribution in [2.24, 2.45) is 5.10 Å². The molecule has 0 bridgehead atoms. The molecule has 0 unspecified atom stereocenters. The summed E-state index contributed by atoms with van der Waals surface area (Å²) in [6, 6.07) is 10.2. The molecule has 1 amide bonds. The average molecular weight is 338 g/mol. The van der Waals surface area contributed by atoms with Crippen LogP contribution in [0.1, 0.15) is 15.9 Å². The third-order valence-electron chi connectivity index (χ3n) is 2.67. The van der Waals surface area contributed by atoms with Crippen molar-refractivity contribution in [1.82, 2.24) is 5.43 Å². The van der Waals surface area contributed by atoms with E-state index in [4.69, 9.17) is 23.2 Å². The Morgan fingerprint density at radius 2 is 1.86 bits per heavy atom. The van der Waals surface area contributed by atoms with Crippen molar-refractivity contribution >= 4 is 41.0 Å². The fourth-order valence-corrected chi connectivity index (χ4v) is 1.86. The third kappa shape index (κ3) is 4.03. The van der Waals surface area contributed by atoms with E-state index < -0.39 is 10.8 Å². The second kappa shape index (κ2) is 7.02. The molecule has 0 saturated carbocycles. The molecule has 2 aromatic carbocycles. The number of benzene rings is 2. The molecule has 0 radical (unpaired) electrons. The number of hydrazone groups is 1. The van der Waals surface area contributed by atoms with Crippen LogP contribution in [0.5, 0.6) is 0 Å². The van der Waals surface area contributed by atoms with Crippen molar-refractivity contribution in [3.63, 3.8) is 0 Å². The molecule has 0 spiro atoms. The summed E-state index contributed by atoms with van der Waals surface area (Å²) in [5, 5.41) is 15.2. The predicted octanol–water partition coefficient (Wildman–Crippen LogP) is 3.67. The average Bonchev–Trinajstić information content (AvgIpc) is 2.49. The van der Waals surface area contributed by atoms with Crippen LogP contribution >= 0.6 is 23.2 Å². The molecule has 0 aliphatic rings. The number of carbonyl (C=O) groups is 1. The molecule has 2 rings (SSSR count). The fourth-order valence-electron chi connectivity index (χ4n) is 1.57. The maximum absolute atomic E-state index is 11.8. The van der Waals surface area contributed by atoms with Crippen LogP contribution in [-0.4, -0.2) is 17.0 Å². The molecule has 112 valence electrons. The van der Waals surface area contributed by atoms with Gasteiger partial charge in [-0.25, -0.2) is 5.43 Å². The Hall–Kier alpha value is -2.44. The van der Waals surface area contributed by atoms with Gasteiger partial charge in [-0.1, -0.05) is 23.2 Å². The third-order valence-corrected chi connectivity index (χ3v) is 3.26. The van der Waals surface area contributed by atoms with Gasteiger partial charge in [0, 0.05) is 33.3 Å². The van der Waals surface area contributed by atoms with Gasteiger partial charge >= 0.3 is 0 Å². The first-order chi connectivity index (χ1) is 10.5. The van der Waals surface area contributed by atoms with Gasteiger partial charge in [0.05, 0.1) is 11.1 Å². The van der Waals surface area contributed by atoms with Crippen molar-refractivity contribution in [2.45, 2.75) is 0 Å². The van der Waals surface area contributed by atoms with E-state index in [2.05, 4.69) is 10.5 Å². The lowest BCUT2D eigenvalue weighted by atomic mass is 10.2. The lowest BCUT2D eigenvalue weighted by Gasteiger charge is -2.01. The molecule has 0 atom stereocenters. The minimum absolute atomic E-state index is 0.116. The zero-order valence-corrected chi connectivity index (χ0v) is 12.5. The lowest BCUT2D eigenvalue weighted by Crippen LogP contribution is -2.17. The van der Waals surface area contributed by atoms with Gasteiger partial charge < -0.3 is 0 Å². The van der Waals surface area contributed by atoms with Crippen molar-refractivity contribution in [2.75, 3.05) is 0 Å². The van der Waals surface area contributed by atoms with Crippen LogP contribution in [0, 0.1) is 10.1 Å². The zero-order chi connectivity index (χ0) is 16.1. The van der Waals surface area contributed by atoms with Gasteiger partial charge in [-0.2, -0.15) is 5.10 Å². The smallest absolute Gasteiger partial charge is 0.267 e. The Balaban J connectivity index is 2.09. The normalized spacial score (nSPS) is 10.6. The topological polar surface area (TPSA) is 84.6 Å². The number of hydrogen-bond acceptors (Lipinski definition) is 4. The molecule has 8 heteroatoms. The lowest BCUT2D eigenvalue weighted by molar-refractivity contribution is -0.384. The van der Waals surface area contributed by atoms with E-state index in [0.29, 0.717) is 16.1 Å². The van der Waals surface area contributed by atoms with Crippen molar-refractivity contribution in [1.29, 1.82) is 0 Å². The highest BCUT2D eigenvalue weighted by molar-refractivity contribution is 6.33. The van der Waals surface area contributed by atoms with Crippen molar-refractivity contribution in [3.8, 4) is 0 Å². The van der Waals surface area contributed by atoms with Crippen LogP contribution in [0.25, 0.3) is 0 Å². The van der Waals surface area contributed by atoms with Crippen LogP contribution < -0.4 is 5.43 Å². The summed E-state index contributed by atoms with van der Waals surface area (Å²) < 4.78 is 0. The molecular formula is C14H9Cl2N3O3. The van der Waals surface area contributed by atoms with Crippen LogP contribution in [0.15, 0.2) is 47.6 Å². The Morgan fingerprint density at radius 1 is 1.18 bits per heavy atom. The molecule has 1 N–H and O–H groups in total. The standard InChI is InChI=1S/C14H9Cl2N3O3/c15-11-3-1-9(2-4-11)14(20)18-17-8-10-7-12(19(21)22)5-6-13(10)16/h1-8H,(H,18,20)/b17-8-. The van der Waals surface area contributed by atoms with E-state index >= 15 is 0 Å². The summed E-state index contributed by atoms with van der Waals surface area (Å²) >= 11 is 11.6. The number of hydrogen-bond donors (Lipinski definition) is 1. The molecule has 0 saturated heterocycles. The molecular weight excluding hydrogens is 329 g/mol. The van der Waals surface area contributed by atoms with E-state index in [1.165, 1.54) is 24.4 Å². The number of amides is 1. The second-order valence-electron chi connectivity index (χ2n) is 4.17. The van der Waals surface area contributed by atoms with Gasteiger partial charge in [-0.3, -0.25) is 14.9 Å². The molecule has 0 fully saturated rings. The Labute approximate surface area is 135 Å². The van der Waals surface area contributed by atoms with Crippen molar-refractivity contribution < 1.29 is 9.72 Å². The molecule has 22 heavy (non-hydrogen) atoms. The van der Waals surface area contributed by atoms with Crippen molar-refractivity contribution in [3.05, 3.63) is 73.8 Å². The summed E-state index contributed by atoms with van der Waals surface area (Å²) in [7, 11) is 0. The van der Waals surface area contributed by atoms with Gasteiger partial charge in [-0.15, -0.1) is 0 Å². The van der Waals surface area contributed by atoms with Gasteiger partial charge in [-0.05, 0) is 30.3 Å². The van der Waals surface area contributed by atoms with Gasteiger partial charge in [0.2, 0.25) is 0 Å². The van der Waals surface area contributed by atoms with E-state index in [-0.39, 0.29) is 10.7 Å². The molecule has 0 aliphatic carbocycles. The maximum Gasteiger partial charge on any atom is 0.271 e. The zero-order valence-electron chi connectivity index (χ0n) is 11.0. The van der Waals surface area contributed by atoms with Crippen LogP contribution in [-0.2, 0) is 0 Å². The number of halogens is 2.